The molecular formula is C21H25N3O4. The molecule has 0 unspecified atom stereocenters. The lowest BCUT2D eigenvalue weighted by atomic mass is 10.2. The smallest absolute Gasteiger partial charge is 0.339 e. The van der Waals surface area contributed by atoms with E-state index in [0.29, 0.717) is 24.3 Å². The minimum absolute atomic E-state index is 0.00838. The van der Waals surface area contributed by atoms with Gasteiger partial charge in [-0.25, -0.2) is 4.79 Å². The molecule has 0 radical (unpaired) electrons. The molecule has 0 bridgehead atoms. The molecular weight excluding hydrogens is 358 g/mol. The summed E-state index contributed by atoms with van der Waals surface area (Å²) in [5, 5.41) is 3.06. The molecule has 148 valence electrons. The van der Waals surface area contributed by atoms with E-state index in [0.717, 1.165) is 24.5 Å². The second-order valence-electron chi connectivity index (χ2n) is 6.46. The number of methoxy groups -OCH3 is 2. The van der Waals surface area contributed by atoms with Crippen LogP contribution in [0.15, 0.2) is 48.5 Å². The van der Waals surface area contributed by atoms with Gasteiger partial charge in [0.05, 0.1) is 26.3 Å². The lowest BCUT2D eigenvalue weighted by Gasteiger charge is -2.36. The lowest BCUT2D eigenvalue weighted by Crippen LogP contribution is -2.50. The van der Waals surface area contributed by atoms with Gasteiger partial charge in [0.25, 0.3) is 0 Å². The monoisotopic (exact) mass is 383 g/mol. The first kappa shape index (κ1) is 19.5. The second-order valence-corrected chi connectivity index (χ2v) is 6.46. The van der Waals surface area contributed by atoms with Gasteiger partial charge in [-0.3, -0.25) is 4.79 Å². The topological polar surface area (TPSA) is 71.1 Å². The summed E-state index contributed by atoms with van der Waals surface area (Å²) < 4.78 is 9.97. The van der Waals surface area contributed by atoms with Crippen LogP contribution >= 0.6 is 0 Å². The Labute approximate surface area is 164 Å². The van der Waals surface area contributed by atoms with Crippen LogP contribution in [0.1, 0.15) is 10.4 Å². The Hall–Kier alpha value is -3.22. The van der Waals surface area contributed by atoms with Gasteiger partial charge in [0.2, 0.25) is 5.91 Å². The van der Waals surface area contributed by atoms with Gasteiger partial charge in [-0.1, -0.05) is 12.1 Å². The van der Waals surface area contributed by atoms with Gasteiger partial charge in [0.1, 0.15) is 5.75 Å². The highest BCUT2D eigenvalue weighted by atomic mass is 16.5. The van der Waals surface area contributed by atoms with E-state index in [9.17, 15) is 9.59 Å². The lowest BCUT2D eigenvalue weighted by molar-refractivity contribution is -0.129. The van der Waals surface area contributed by atoms with Crippen molar-refractivity contribution in [3.05, 3.63) is 54.1 Å². The number of amides is 1. The molecule has 1 amide bonds. The molecule has 1 heterocycles. The number of para-hydroxylation sites is 1. The third kappa shape index (κ3) is 4.54. The minimum atomic E-state index is -0.427. The number of benzene rings is 2. The van der Waals surface area contributed by atoms with Crippen LogP contribution in [0.5, 0.6) is 5.75 Å². The quantitative estimate of drug-likeness (QED) is 0.772. The highest BCUT2D eigenvalue weighted by Gasteiger charge is 2.21. The molecule has 7 nitrogen and oxygen atoms in total. The Balaban J connectivity index is 1.52. The zero-order chi connectivity index (χ0) is 19.9. The molecule has 1 saturated heterocycles. The van der Waals surface area contributed by atoms with Crippen molar-refractivity contribution < 1.29 is 19.1 Å². The number of carbonyl (C=O) groups is 2. The number of esters is 1. The predicted molar refractivity (Wildman–Crippen MR) is 108 cm³/mol. The number of hydrogen-bond donors (Lipinski definition) is 1. The van der Waals surface area contributed by atoms with Crippen molar-refractivity contribution in [2.45, 2.75) is 0 Å². The third-order valence-corrected chi connectivity index (χ3v) is 4.83. The van der Waals surface area contributed by atoms with Gasteiger partial charge in [-0.05, 0) is 36.4 Å². The number of rotatable bonds is 6. The summed E-state index contributed by atoms with van der Waals surface area (Å²) in [5.74, 6) is 0.411. The molecule has 0 spiro atoms. The summed E-state index contributed by atoms with van der Waals surface area (Å²) in [6.07, 6.45) is 0. The maximum Gasteiger partial charge on any atom is 0.339 e. The molecule has 1 aliphatic heterocycles. The van der Waals surface area contributed by atoms with Crippen LogP contribution < -0.4 is 15.0 Å². The largest absolute Gasteiger partial charge is 0.497 e. The molecule has 3 rings (SSSR count). The first-order chi connectivity index (χ1) is 13.6. The SMILES string of the molecule is COC(=O)c1ccccc1NCC(=O)N1CCN(c2ccc(OC)cc2)CC1. The summed E-state index contributed by atoms with van der Waals surface area (Å²) in [6, 6.07) is 15.0. The Morgan fingerprint density at radius 2 is 1.64 bits per heavy atom. The highest BCUT2D eigenvalue weighted by Crippen LogP contribution is 2.21. The van der Waals surface area contributed by atoms with E-state index in [-0.39, 0.29) is 12.5 Å². The molecule has 2 aromatic rings. The van der Waals surface area contributed by atoms with Gasteiger partial charge in [0.15, 0.2) is 0 Å². The average Bonchev–Trinajstić information content (AvgIpc) is 2.77. The fourth-order valence-electron chi connectivity index (χ4n) is 3.21. The number of anilines is 2. The molecule has 2 aromatic carbocycles. The maximum absolute atomic E-state index is 12.6. The van der Waals surface area contributed by atoms with Crippen LogP contribution in [0, 0.1) is 0 Å². The zero-order valence-corrected chi connectivity index (χ0v) is 16.2. The number of nitrogens with zero attached hydrogens (tertiary/aromatic N) is 2. The Morgan fingerprint density at radius 1 is 0.964 bits per heavy atom. The minimum Gasteiger partial charge on any atom is -0.497 e. The van der Waals surface area contributed by atoms with Crippen molar-refractivity contribution in [2.24, 2.45) is 0 Å². The maximum atomic E-state index is 12.6. The number of nitrogens with one attached hydrogen (secondary N) is 1. The molecule has 1 aliphatic rings. The van der Waals surface area contributed by atoms with E-state index in [4.69, 9.17) is 9.47 Å². The molecule has 1 N–H and O–H groups in total. The molecule has 7 heteroatoms. The molecule has 0 saturated carbocycles. The van der Waals surface area contributed by atoms with Crippen LogP contribution in [0.4, 0.5) is 11.4 Å². The third-order valence-electron chi connectivity index (χ3n) is 4.83. The normalized spacial score (nSPS) is 13.8. The van der Waals surface area contributed by atoms with E-state index in [1.54, 1.807) is 25.3 Å². The number of ether oxygens (including phenoxy) is 2. The van der Waals surface area contributed by atoms with Gasteiger partial charge in [-0.15, -0.1) is 0 Å². The molecule has 28 heavy (non-hydrogen) atoms. The molecule has 0 aliphatic carbocycles. The summed E-state index contributed by atoms with van der Waals surface area (Å²) in [6.45, 7) is 3.00. The van der Waals surface area contributed by atoms with E-state index in [1.165, 1.54) is 7.11 Å². The fourth-order valence-corrected chi connectivity index (χ4v) is 3.21. The van der Waals surface area contributed by atoms with Crippen LogP contribution in [-0.4, -0.2) is 63.7 Å². The van der Waals surface area contributed by atoms with Crippen molar-refractivity contribution in [1.29, 1.82) is 0 Å². The summed E-state index contributed by atoms with van der Waals surface area (Å²) in [7, 11) is 2.99. The van der Waals surface area contributed by atoms with E-state index >= 15 is 0 Å². The van der Waals surface area contributed by atoms with Crippen molar-refractivity contribution in [1.82, 2.24) is 4.90 Å². The fraction of sp³-hybridized carbons (Fsp3) is 0.333. The predicted octanol–water partition coefficient (Wildman–Crippen LogP) is 2.24. The summed E-state index contributed by atoms with van der Waals surface area (Å²) >= 11 is 0. The highest BCUT2D eigenvalue weighted by molar-refractivity contribution is 5.96. The van der Waals surface area contributed by atoms with Crippen LogP contribution in [-0.2, 0) is 9.53 Å². The van der Waals surface area contributed by atoms with Crippen molar-refractivity contribution in [2.75, 3.05) is 57.2 Å². The van der Waals surface area contributed by atoms with E-state index in [2.05, 4.69) is 10.2 Å². The molecule has 0 atom stereocenters. The second kappa shape index (κ2) is 9.12. The Kier molecular flexibility index (Phi) is 6.37. The van der Waals surface area contributed by atoms with E-state index < -0.39 is 5.97 Å². The number of piperazine rings is 1. The van der Waals surface area contributed by atoms with Crippen molar-refractivity contribution in [3.8, 4) is 5.75 Å². The molecule has 1 fully saturated rings. The standard InChI is InChI=1S/C21H25N3O4/c1-27-17-9-7-16(8-10-17)23-11-13-24(14-12-23)20(25)15-22-19-6-4-3-5-18(19)21(26)28-2/h3-10,22H,11-15H2,1-2H3. The van der Waals surface area contributed by atoms with Gasteiger partial charge < -0.3 is 24.6 Å². The van der Waals surface area contributed by atoms with Gasteiger partial charge >= 0.3 is 5.97 Å². The summed E-state index contributed by atoms with van der Waals surface area (Å²) in [4.78, 5) is 28.5. The van der Waals surface area contributed by atoms with Crippen molar-refractivity contribution >= 4 is 23.3 Å². The average molecular weight is 383 g/mol. The van der Waals surface area contributed by atoms with E-state index in [1.807, 2.05) is 35.2 Å². The van der Waals surface area contributed by atoms with Gasteiger partial charge in [-0.2, -0.15) is 0 Å². The number of carbonyl (C=O) groups excluding carboxylic acids is 2. The van der Waals surface area contributed by atoms with Crippen LogP contribution in [0.25, 0.3) is 0 Å². The summed E-state index contributed by atoms with van der Waals surface area (Å²) in [5.41, 5.74) is 2.14. The van der Waals surface area contributed by atoms with Gasteiger partial charge in [0, 0.05) is 37.6 Å². The Bertz CT molecular complexity index is 815. The molecule has 0 aromatic heterocycles. The van der Waals surface area contributed by atoms with Crippen molar-refractivity contribution in [3.63, 3.8) is 0 Å². The Morgan fingerprint density at radius 3 is 2.29 bits per heavy atom. The van der Waals surface area contributed by atoms with Crippen LogP contribution in [0.2, 0.25) is 0 Å². The first-order valence-electron chi connectivity index (χ1n) is 9.20. The van der Waals surface area contributed by atoms with Crippen LogP contribution in [0.3, 0.4) is 0 Å². The zero-order valence-electron chi connectivity index (χ0n) is 16.2. The number of hydrogen-bond acceptors (Lipinski definition) is 6. The first-order valence-corrected chi connectivity index (χ1v) is 9.20.